The summed E-state index contributed by atoms with van der Waals surface area (Å²) in [5.74, 6) is 0.474. The maximum atomic E-state index is 12.8. The Morgan fingerprint density at radius 2 is 1.59 bits per heavy atom. The van der Waals surface area contributed by atoms with Crippen molar-refractivity contribution >= 4 is 28.9 Å². The largest absolute Gasteiger partial charge is 0.279 e. The number of hydrogen-bond donors (Lipinski definition) is 0. The van der Waals surface area contributed by atoms with Gasteiger partial charge in [-0.1, -0.05) is 30.3 Å². The number of carbonyl (C=O) groups excluding carboxylic acids is 1. The second kappa shape index (κ2) is 4.96. The highest BCUT2D eigenvalue weighted by Crippen LogP contribution is 2.35. The van der Waals surface area contributed by atoms with Crippen molar-refractivity contribution in [2.45, 2.75) is 6.42 Å². The van der Waals surface area contributed by atoms with Gasteiger partial charge < -0.3 is 0 Å². The first-order chi connectivity index (χ1) is 10.8. The van der Waals surface area contributed by atoms with E-state index in [1.165, 1.54) is 0 Å². The number of para-hydroxylation sites is 3. The molecule has 0 saturated carbocycles. The Morgan fingerprint density at radius 3 is 2.36 bits per heavy atom. The van der Waals surface area contributed by atoms with Crippen molar-refractivity contribution in [1.82, 2.24) is 14.8 Å². The van der Waals surface area contributed by atoms with Gasteiger partial charge in [0.1, 0.15) is 5.82 Å². The molecule has 1 aromatic heterocycles. The van der Waals surface area contributed by atoms with Gasteiger partial charge in [-0.25, -0.2) is 0 Å². The molecule has 0 N–H and O–H groups in total. The highest BCUT2D eigenvalue weighted by atomic mass is 35.5. The molecular formula is C16H11ClN4O. The van der Waals surface area contributed by atoms with Gasteiger partial charge in [-0.15, -0.1) is 10.2 Å². The second-order valence-corrected chi connectivity index (χ2v) is 5.29. The van der Waals surface area contributed by atoms with Gasteiger partial charge in [0.05, 0.1) is 17.8 Å². The zero-order valence-corrected chi connectivity index (χ0v) is 12.2. The van der Waals surface area contributed by atoms with Crippen LogP contribution in [0, 0.1) is 0 Å². The van der Waals surface area contributed by atoms with Gasteiger partial charge in [0.15, 0.2) is 0 Å². The number of rotatable bonds is 1. The van der Waals surface area contributed by atoms with Crippen LogP contribution in [0.3, 0.4) is 0 Å². The Kier molecular flexibility index (Phi) is 2.94. The smallest absolute Gasteiger partial charge is 0.239 e. The molecule has 0 atom stereocenters. The van der Waals surface area contributed by atoms with Crippen LogP contribution < -0.4 is 4.90 Å². The predicted molar refractivity (Wildman–Crippen MR) is 83.7 cm³/mol. The van der Waals surface area contributed by atoms with E-state index in [0.717, 1.165) is 17.1 Å². The molecule has 22 heavy (non-hydrogen) atoms. The molecule has 108 valence electrons. The zero-order chi connectivity index (χ0) is 15.1. The number of hydrogen-bond acceptors (Lipinski definition) is 3. The zero-order valence-electron chi connectivity index (χ0n) is 11.5. The third-order valence-corrected chi connectivity index (χ3v) is 3.87. The van der Waals surface area contributed by atoms with Crippen LogP contribution >= 0.6 is 11.6 Å². The predicted octanol–water partition coefficient (Wildman–Crippen LogP) is 3.14. The standard InChI is InChI=1S/C16H11ClN4O/c17-16-19-18-14-10-15(22)20(11-6-2-1-3-7-11)12-8-4-5-9-13(12)21(14)16/h1-9H,10H2. The average molecular weight is 311 g/mol. The molecule has 3 aromatic rings. The quantitative estimate of drug-likeness (QED) is 0.694. The van der Waals surface area contributed by atoms with E-state index in [1.807, 2.05) is 54.6 Å². The summed E-state index contributed by atoms with van der Waals surface area (Å²) in [5, 5.41) is 8.16. The normalized spacial score (nSPS) is 13.5. The van der Waals surface area contributed by atoms with Gasteiger partial charge in [-0.05, 0) is 35.9 Å². The van der Waals surface area contributed by atoms with Crippen LogP contribution in [-0.4, -0.2) is 20.7 Å². The molecule has 0 unspecified atom stereocenters. The summed E-state index contributed by atoms with van der Waals surface area (Å²) >= 11 is 6.16. The molecule has 0 radical (unpaired) electrons. The van der Waals surface area contributed by atoms with Crippen molar-refractivity contribution in [3.8, 4) is 5.69 Å². The monoisotopic (exact) mass is 310 g/mol. The van der Waals surface area contributed by atoms with Crippen molar-refractivity contribution < 1.29 is 4.79 Å². The Morgan fingerprint density at radius 1 is 0.909 bits per heavy atom. The minimum absolute atomic E-state index is 0.0681. The first-order valence-corrected chi connectivity index (χ1v) is 7.21. The fourth-order valence-electron chi connectivity index (χ4n) is 2.70. The number of benzene rings is 2. The molecule has 5 nitrogen and oxygen atoms in total. The minimum Gasteiger partial charge on any atom is -0.279 e. The van der Waals surface area contributed by atoms with Gasteiger partial charge in [0.2, 0.25) is 11.2 Å². The molecule has 1 aliphatic rings. The van der Waals surface area contributed by atoms with Crippen molar-refractivity contribution in [2.75, 3.05) is 4.90 Å². The van der Waals surface area contributed by atoms with E-state index in [0.29, 0.717) is 5.82 Å². The average Bonchev–Trinajstić information content (AvgIpc) is 2.83. The molecule has 2 heterocycles. The van der Waals surface area contributed by atoms with Crippen molar-refractivity contribution in [3.05, 3.63) is 65.7 Å². The maximum Gasteiger partial charge on any atom is 0.239 e. The lowest BCUT2D eigenvalue weighted by atomic mass is 10.2. The molecule has 0 aliphatic carbocycles. The molecule has 6 heteroatoms. The summed E-state index contributed by atoms with van der Waals surface area (Å²) in [6, 6.07) is 17.1. The lowest BCUT2D eigenvalue weighted by molar-refractivity contribution is -0.117. The number of anilines is 2. The molecule has 0 saturated heterocycles. The summed E-state index contributed by atoms with van der Waals surface area (Å²) in [7, 11) is 0. The Bertz CT molecular complexity index is 860. The third-order valence-electron chi connectivity index (χ3n) is 3.63. The van der Waals surface area contributed by atoms with E-state index < -0.39 is 0 Å². The molecular weight excluding hydrogens is 300 g/mol. The fraction of sp³-hybridized carbons (Fsp3) is 0.0625. The highest BCUT2D eigenvalue weighted by molar-refractivity contribution is 6.28. The van der Waals surface area contributed by atoms with Crippen LogP contribution in [0.5, 0.6) is 0 Å². The lowest BCUT2D eigenvalue weighted by Crippen LogP contribution is -2.26. The number of halogens is 1. The fourth-order valence-corrected chi connectivity index (χ4v) is 2.93. The van der Waals surface area contributed by atoms with Gasteiger partial charge in [0.25, 0.3) is 0 Å². The molecule has 2 aromatic carbocycles. The second-order valence-electron chi connectivity index (χ2n) is 4.95. The topological polar surface area (TPSA) is 51.0 Å². The molecule has 0 fully saturated rings. The van der Waals surface area contributed by atoms with Crippen LogP contribution in [0.1, 0.15) is 5.82 Å². The molecule has 0 spiro atoms. The number of aromatic nitrogens is 3. The van der Waals surface area contributed by atoms with Gasteiger partial charge >= 0.3 is 0 Å². The first kappa shape index (κ1) is 13.0. The van der Waals surface area contributed by atoms with E-state index >= 15 is 0 Å². The van der Waals surface area contributed by atoms with Crippen LogP contribution in [0.25, 0.3) is 5.69 Å². The van der Waals surface area contributed by atoms with E-state index in [-0.39, 0.29) is 17.6 Å². The highest BCUT2D eigenvalue weighted by Gasteiger charge is 2.29. The lowest BCUT2D eigenvalue weighted by Gasteiger charge is -2.22. The number of amides is 1. The molecule has 0 bridgehead atoms. The van der Waals surface area contributed by atoms with Crippen LogP contribution in [0.15, 0.2) is 54.6 Å². The summed E-state index contributed by atoms with van der Waals surface area (Å²) in [5.41, 5.74) is 2.37. The number of carbonyl (C=O) groups is 1. The Hall–Kier alpha value is -2.66. The summed E-state index contributed by atoms with van der Waals surface area (Å²) in [6.45, 7) is 0. The van der Waals surface area contributed by atoms with E-state index in [4.69, 9.17) is 11.6 Å². The van der Waals surface area contributed by atoms with Crippen molar-refractivity contribution in [3.63, 3.8) is 0 Å². The number of fused-ring (bicyclic) bond motifs is 3. The van der Waals surface area contributed by atoms with Crippen LogP contribution in [0.2, 0.25) is 5.28 Å². The summed E-state index contributed by atoms with van der Waals surface area (Å²) in [6.07, 6.45) is 0.142. The van der Waals surface area contributed by atoms with Crippen molar-refractivity contribution in [2.24, 2.45) is 0 Å². The minimum atomic E-state index is -0.0681. The Balaban J connectivity index is 2.00. The molecule has 1 aliphatic heterocycles. The van der Waals surface area contributed by atoms with E-state index in [1.54, 1.807) is 9.47 Å². The van der Waals surface area contributed by atoms with Crippen LogP contribution in [-0.2, 0) is 11.2 Å². The van der Waals surface area contributed by atoms with Crippen molar-refractivity contribution in [1.29, 1.82) is 0 Å². The summed E-state index contributed by atoms with van der Waals surface area (Å²) in [4.78, 5) is 14.4. The SMILES string of the molecule is O=C1Cc2nnc(Cl)n2-c2ccccc2N1c1ccccc1. The van der Waals surface area contributed by atoms with Gasteiger partial charge in [-0.3, -0.25) is 14.3 Å². The van der Waals surface area contributed by atoms with Gasteiger partial charge in [-0.2, -0.15) is 0 Å². The van der Waals surface area contributed by atoms with Gasteiger partial charge in [0, 0.05) is 5.69 Å². The number of nitrogens with zero attached hydrogens (tertiary/aromatic N) is 4. The summed E-state index contributed by atoms with van der Waals surface area (Å²) < 4.78 is 1.72. The maximum absolute atomic E-state index is 12.8. The Labute approximate surface area is 131 Å². The van der Waals surface area contributed by atoms with E-state index in [2.05, 4.69) is 10.2 Å². The third kappa shape index (κ3) is 1.90. The first-order valence-electron chi connectivity index (χ1n) is 6.83. The molecule has 4 rings (SSSR count). The van der Waals surface area contributed by atoms with Crippen LogP contribution in [0.4, 0.5) is 11.4 Å². The molecule has 1 amide bonds. The van der Waals surface area contributed by atoms with E-state index in [9.17, 15) is 4.79 Å².